The molecular formula is C11H23N3O2. The Hall–Kier alpha value is -0.650. The minimum Gasteiger partial charge on any atom is -0.392 e. The number of aliphatic hydroxyl groups is 1. The fourth-order valence-corrected chi connectivity index (χ4v) is 2.09. The van der Waals surface area contributed by atoms with Gasteiger partial charge in [-0.3, -0.25) is 9.69 Å². The number of piperazine rings is 1. The number of rotatable bonds is 3. The van der Waals surface area contributed by atoms with Crippen LogP contribution in [0.4, 0.5) is 0 Å². The van der Waals surface area contributed by atoms with Gasteiger partial charge in [0, 0.05) is 32.2 Å². The van der Waals surface area contributed by atoms with E-state index in [2.05, 4.69) is 11.8 Å². The maximum atomic E-state index is 11.7. The van der Waals surface area contributed by atoms with Crippen LogP contribution in [0.5, 0.6) is 0 Å². The number of hydrogen-bond donors (Lipinski definition) is 2. The zero-order valence-corrected chi connectivity index (χ0v) is 10.4. The van der Waals surface area contributed by atoms with Gasteiger partial charge < -0.3 is 15.7 Å². The van der Waals surface area contributed by atoms with Crippen molar-refractivity contribution in [2.24, 2.45) is 5.73 Å². The van der Waals surface area contributed by atoms with Gasteiger partial charge in [-0.1, -0.05) is 0 Å². The molecule has 1 saturated heterocycles. The average Bonchev–Trinajstić information content (AvgIpc) is 2.19. The van der Waals surface area contributed by atoms with Crippen LogP contribution in [0.25, 0.3) is 0 Å². The molecule has 0 aliphatic carbocycles. The van der Waals surface area contributed by atoms with Gasteiger partial charge in [0.15, 0.2) is 0 Å². The van der Waals surface area contributed by atoms with Crippen LogP contribution in [-0.4, -0.2) is 65.2 Å². The van der Waals surface area contributed by atoms with E-state index in [0.29, 0.717) is 19.6 Å². The summed E-state index contributed by atoms with van der Waals surface area (Å²) in [6.45, 7) is 8.46. The third-order valence-electron chi connectivity index (χ3n) is 2.97. The van der Waals surface area contributed by atoms with Crippen molar-refractivity contribution in [3.63, 3.8) is 0 Å². The summed E-state index contributed by atoms with van der Waals surface area (Å²) in [5.41, 5.74) is 5.58. The molecule has 0 aromatic heterocycles. The summed E-state index contributed by atoms with van der Waals surface area (Å²) in [5.74, 6) is 0.0172. The van der Waals surface area contributed by atoms with E-state index >= 15 is 0 Å². The van der Waals surface area contributed by atoms with E-state index in [1.54, 1.807) is 13.8 Å². The summed E-state index contributed by atoms with van der Waals surface area (Å²) in [5, 5.41) is 9.34. The molecule has 0 spiro atoms. The van der Waals surface area contributed by atoms with Gasteiger partial charge in [-0.15, -0.1) is 0 Å². The molecule has 0 aromatic rings. The van der Waals surface area contributed by atoms with Crippen molar-refractivity contribution < 1.29 is 9.90 Å². The minimum atomic E-state index is -0.421. The Morgan fingerprint density at radius 3 is 2.56 bits per heavy atom. The standard InChI is InChI=1S/C11H23N3O2/c1-8-6-14(11(16)10(3)12)5-4-13(8)7-9(2)15/h8-10,15H,4-7,12H2,1-3H3. The lowest BCUT2D eigenvalue weighted by Gasteiger charge is -2.40. The Labute approximate surface area is 97.2 Å². The summed E-state index contributed by atoms with van der Waals surface area (Å²) < 4.78 is 0. The average molecular weight is 229 g/mol. The molecule has 0 aromatic carbocycles. The number of hydrogen-bond acceptors (Lipinski definition) is 4. The van der Waals surface area contributed by atoms with Crippen molar-refractivity contribution in [3.05, 3.63) is 0 Å². The van der Waals surface area contributed by atoms with Crippen LogP contribution >= 0.6 is 0 Å². The molecule has 1 aliphatic rings. The predicted molar refractivity (Wildman–Crippen MR) is 62.9 cm³/mol. The molecule has 1 amide bonds. The number of nitrogens with zero attached hydrogens (tertiary/aromatic N) is 2. The Kier molecular flexibility index (Phi) is 4.70. The monoisotopic (exact) mass is 229 g/mol. The highest BCUT2D eigenvalue weighted by atomic mass is 16.3. The molecule has 16 heavy (non-hydrogen) atoms. The van der Waals surface area contributed by atoms with E-state index in [4.69, 9.17) is 5.73 Å². The van der Waals surface area contributed by atoms with E-state index in [1.165, 1.54) is 0 Å². The van der Waals surface area contributed by atoms with Gasteiger partial charge in [-0.2, -0.15) is 0 Å². The number of nitrogens with two attached hydrogens (primary N) is 1. The number of carbonyl (C=O) groups is 1. The molecule has 1 heterocycles. The highest BCUT2D eigenvalue weighted by Crippen LogP contribution is 2.10. The summed E-state index contributed by atoms with van der Waals surface area (Å²) in [4.78, 5) is 15.7. The summed E-state index contributed by atoms with van der Waals surface area (Å²) in [6.07, 6.45) is -0.321. The second kappa shape index (κ2) is 5.61. The molecule has 0 radical (unpaired) electrons. The molecule has 1 rings (SSSR count). The lowest BCUT2D eigenvalue weighted by atomic mass is 10.1. The Bertz CT molecular complexity index is 243. The van der Waals surface area contributed by atoms with E-state index in [9.17, 15) is 9.90 Å². The second-order valence-corrected chi connectivity index (χ2v) is 4.77. The van der Waals surface area contributed by atoms with E-state index in [0.717, 1.165) is 6.54 Å². The molecule has 3 atom stereocenters. The van der Waals surface area contributed by atoms with Gasteiger partial charge in [-0.05, 0) is 20.8 Å². The van der Waals surface area contributed by atoms with Crippen LogP contribution < -0.4 is 5.73 Å². The van der Waals surface area contributed by atoms with Crippen molar-refractivity contribution in [2.75, 3.05) is 26.2 Å². The summed E-state index contributed by atoms with van der Waals surface area (Å²) >= 11 is 0. The molecular weight excluding hydrogens is 206 g/mol. The van der Waals surface area contributed by atoms with E-state index in [-0.39, 0.29) is 18.1 Å². The van der Waals surface area contributed by atoms with Crippen LogP contribution in [0.3, 0.4) is 0 Å². The zero-order valence-electron chi connectivity index (χ0n) is 10.4. The van der Waals surface area contributed by atoms with Crippen LogP contribution in [0.2, 0.25) is 0 Å². The summed E-state index contributed by atoms with van der Waals surface area (Å²) in [7, 11) is 0. The Morgan fingerprint density at radius 2 is 2.12 bits per heavy atom. The van der Waals surface area contributed by atoms with Gasteiger partial charge in [0.2, 0.25) is 5.91 Å². The second-order valence-electron chi connectivity index (χ2n) is 4.77. The van der Waals surface area contributed by atoms with Gasteiger partial charge in [-0.25, -0.2) is 0 Å². The van der Waals surface area contributed by atoms with Crippen LogP contribution in [-0.2, 0) is 4.79 Å². The molecule has 3 N–H and O–H groups in total. The molecule has 0 bridgehead atoms. The number of carbonyl (C=O) groups excluding carboxylic acids is 1. The predicted octanol–water partition coefficient (Wildman–Crippen LogP) is -0.753. The normalized spacial score (nSPS) is 26.6. The smallest absolute Gasteiger partial charge is 0.239 e. The van der Waals surface area contributed by atoms with Crippen molar-refractivity contribution in [3.8, 4) is 0 Å². The molecule has 5 heteroatoms. The van der Waals surface area contributed by atoms with Crippen LogP contribution in [0.15, 0.2) is 0 Å². The number of amides is 1. The molecule has 3 unspecified atom stereocenters. The maximum absolute atomic E-state index is 11.7. The minimum absolute atomic E-state index is 0.0172. The number of β-amino-alcohol motifs (C(OH)–C–C–N with tert-alkyl or cyclic N) is 1. The molecule has 0 saturated carbocycles. The first-order valence-electron chi connectivity index (χ1n) is 5.88. The van der Waals surface area contributed by atoms with Gasteiger partial charge >= 0.3 is 0 Å². The fraction of sp³-hybridized carbons (Fsp3) is 0.909. The maximum Gasteiger partial charge on any atom is 0.239 e. The summed E-state index contributed by atoms with van der Waals surface area (Å²) in [6, 6.07) is -0.137. The topological polar surface area (TPSA) is 69.8 Å². The molecule has 1 aliphatic heterocycles. The molecule has 94 valence electrons. The quantitative estimate of drug-likeness (QED) is 0.668. The van der Waals surface area contributed by atoms with Gasteiger partial charge in [0.25, 0.3) is 0 Å². The lowest BCUT2D eigenvalue weighted by molar-refractivity contribution is -0.135. The first-order chi connectivity index (χ1) is 7.41. The first-order valence-corrected chi connectivity index (χ1v) is 5.88. The van der Waals surface area contributed by atoms with E-state index < -0.39 is 6.04 Å². The first kappa shape index (κ1) is 13.4. The third-order valence-corrected chi connectivity index (χ3v) is 2.97. The Morgan fingerprint density at radius 1 is 1.50 bits per heavy atom. The molecule has 5 nitrogen and oxygen atoms in total. The third kappa shape index (κ3) is 3.43. The fourth-order valence-electron chi connectivity index (χ4n) is 2.09. The molecule has 1 fully saturated rings. The van der Waals surface area contributed by atoms with Gasteiger partial charge in [0.1, 0.15) is 0 Å². The van der Waals surface area contributed by atoms with E-state index in [1.807, 2.05) is 4.90 Å². The van der Waals surface area contributed by atoms with Crippen molar-refractivity contribution in [1.82, 2.24) is 9.80 Å². The highest BCUT2D eigenvalue weighted by Gasteiger charge is 2.28. The van der Waals surface area contributed by atoms with Crippen molar-refractivity contribution in [1.29, 1.82) is 0 Å². The van der Waals surface area contributed by atoms with Crippen molar-refractivity contribution >= 4 is 5.91 Å². The largest absolute Gasteiger partial charge is 0.392 e. The van der Waals surface area contributed by atoms with Crippen LogP contribution in [0.1, 0.15) is 20.8 Å². The highest BCUT2D eigenvalue weighted by molar-refractivity contribution is 5.81. The van der Waals surface area contributed by atoms with Gasteiger partial charge in [0.05, 0.1) is 12.1 Å². The van der Waals surface area contributed by atoms with Crippen molar-refractivity contribution in [2.45, 2.75) is 39.0 Å². The lowest BCUT2D eigenvalue weighted by Crippen LogP contribution is -2.57. The number of aliphatic hydroxyl groups excluding tert-OH is 1. The van der Waals surface area contributed by atoms with Crippen LogP contribution in [0, 0.1) is 0 Å². The Balaban J connectivity index is 2.48. The zero-order chi connectivity index (χ0) is 12.3. The SMILES string of the molecule is CC(O)CN1CCN(C(=O)C(C)N)CC1C.